The molecule has 0 saturated heterocycles. The maximum Gasteiger partial charge on any atom is 0.255 e. The van der Waals surface area contributed by atoms with Gasteiger partial charge in [-0.25, -0.2) is 0 Å². The van der Waals surface area contributed by atoms with Crippen molar-refractivity contribution >= 4 is 33.4 Å². The first-order valence-electron chi connectivity index (χ1n) is 6.19. The van der Waals surface area contributed by atoms with E-state index in [0.29, 0.717) is 22.9 Å². The normalized spacial score (nSPS) is 10.3. The molecule has 0 fully saturated rings. The predicted octanol–water partition coefficient (Wildman–Crippen LogP) is 3.78. The Labute approximate surface area is 136 Å². The van der Waals surface area contributed by atoms with Crippen LogP contribution in [0, 0.1) is 0 Å². The quantitative estimate of drug-likeness (QED) is 0.824. The zero-order chi connectivity index (χ0) is 15.4. The van der Waals surface area contributed by atoms with Gasteiger partial charge in [-0.1, -0.05) is 11.6 Å². The molecule has 1 amide bonds. The van der Waals surface area contributed by atoms with Crippen molar-refractivity contribution in [3.63, 3.8) is 0 Å². The fourth-order valence-electron chi connectivity index (χ4n) is 1.95. The molecule has 0 aliphatic heterocycles. The number of benzene rings is 1. The number of pyridine rings is 1. The van der Waals surface area contributed by atoms with Gasteiger partial charge in [-0.3, -0.25) is 9.78 Å². The maximum absolute atomic E-state index is 12.4. The monoisotopic (exact) mass is 368 g/mol. The van der Waals surface area contributed by atoms with Crippen molar-refractivity contribution < 1.29 is 9.53 Å². The summed E-state index contributed by atoms with van der Waals surface area (Å²) in [6.45, 7) is 0.398. The van der Waals surface area contributed by atoms with Crippen LogP contribution in [-0.2, 0) is 6.54 Å². The van der Waals surface area contributed by atoms with Crippen molar-refractivity contribution in [1.82, 2.24) is 9.88 Å². The number of ether oxygens (including phenoxy) is 1. The van der Waals surface area contributed by atoms with E-state index in [2.05, 4.69) is 20.9 Å². The molecule has 1 heterocycles. The summed E-state index contributed by atoms with van der Waals surface area (Å²) in [6, 6.07) is 7.07. The molecule has 0 spiro atoms. The molecule has 0 saturated carbocycles. The Kier molecular flexibility index (Phi) is 5.20. The molecule has 0 N–H and O–H groups in total. The fourth-order valence-corrected chi connectivity index (χ4v) is 2.51. The number of methoxy groups -OCH3 is 1. The standard InChI is InChI=1S/C15H14BrClN2O2/c1-19(15(20)10-5-12(16)8-18-7-10)9-11-6-13(17)3-4-14(11)21-2/h3-8H,9H2,1-2H3. The van der Waals surface area contributed by atoms with E-state index in [4.69, 9.17) is 16.3 Å². The lowest BCUT2D eigenvalue weighted by Crippen LogP contribution is -2.26. The molecule has 21 heavy (non-hydrogen) atoms. The van der Waals surface area contributed by atoms with Crippen molar-refractivity contribution in [3.05, 3.63) is 57.3 Å². The topological polar surface area (TPSA) is 42.4 Å². The lowest BCUT2D eigenvalue weighted by atomic mass is 10.1. The first kappa shape index (κ1) is 15.8. The summed E-state index contributed by atoms with van der Waals surface area (Å²) in [7, 11) is 3.32. The van der Waals surface area contributed by atoms with Gasteiger partial charge in [-0.2, -0.15) is 0 Å². The zero-order valence-corrected chi connectivity index (χ0v) is 14.0. The third-order valence-corrected chi connectivity index (χ3v) is 3.62. The highest BCUT2D eigenvalue weighted by Crippen LogP contribution is 2.24. The van der Waals surface area contributed by atoms with Crippen LogP contribution in [0.2, 0.25) is 5.02 Å². The Morgan fingerprint density at radius 2 is 2.14 bits per heavy atom. The predicted molar refractivity (Wildman–Crippen MR) is 85.7 cm³/mol. The lowest BCUT2D eigenvalue weighted by molar-refractivity contribution is 0.0783. The Morgan fingerprint density at radius 1 is 1.38 bits per heavy atom. The molecule has 0 radical (unpaired) electrons. The number of nitrogens with zero attached hydrogens (tertiary/aromatic N) is 2. The van der Waals surface area contributed by atoms with E-state index >= 15 is 0 Å². The highest BCUT2D eigenvalue weighted by molar-refractivity contribution is 9.10. The summed E-state index contributed by atoms with van der Waals surface area (Å²) in [5.41, 5.74) is 1.37. The van der Waals surface area contributed by atoms with Crippen LogP contribution in [0.25, 0.3) is 0 Å². The van der Waals surface area contributed by atoms with Crippen LogP contribution in [0.1, 0.15) is 15.9 Å². The molecule has 0 aliphatic rings. The number of rotatable bonds is 4. The Bertz CT molecular complexity index is 664. The van der Waals surface area contributed by atoms with Gasteiger partial charge in [0, 0.05) is 41.0 Å². The van der Waals surface area contributed by atoms with Gasteiger partial charge in [0.1, 0.15) is 5.75 Å². The molecular weight excluding hydrogens is 356 g/mol. The smallest absolute Gasteiger partial charge is 0.255 e. The van der Waals surface area contributed by atoms with Gasteiger partial charge in [0.25, 0.3) is 5.91 Å². The van der Waals surface area contributed by atoms with Crippen LogP contribution in [0.15, 0.2) is 41.1 Å². The summed E-state index contributed by atoms with van der Waals surface area (Å²) in [6.07, 6.45) is 3.18. The third kappa shape index (κ3) is 3.95. The average molecular weight is 370 g/mol. The van der Waals surface area contributed by atoms with Gasteiger partial charge in [0.15, 0.2) is 0 Å². The Hall–Kier alpha value is -1.59. The van der Waals surface area contributed by atoms with E-state index in [1.54, 1.807) is 55.7 Å². The summed E-state index contributed by atoms with van der Waals surface area (Å²) < 4.78 is 6.06. The molecule has 110 valence electrons. The second-order valence-electron chi connectivity index (χ2n) is 4.51. The van der Waals surface area contributed by atoms with E-state index in [1.807, 2.05) is 0 Å². The second kappa shape index (κ2) is 6.91. The molecule has 2 rings (SSSR count). The molecule has 4 nitrogen and oxygen atoms in total. The number of carbonyl (C=O) groups is 1. The molecular formula is C15H14BrClN2O2. The average Bonchev–Trinajstić information content (AvgIpc) is 2.46. The third-order valence-electron chi connectivity index (χ3n) is 2.95. The summed E-state index contributed by atoms with van der Waals surface area (Å²) in [5, 5.41) is 0.607. The molecule has 1 aromatic heterocycles. The lowest BCUT2D eigenvalue weighted by Gasteiger charge is -2.19. The van der Waals surface area contributed by atoms with Crippen molar-refractivity contribution in [2.45, 2.75) is 6.54 Å². The SMILES string of the molecule is COc1ccc(Cl)cc1CN(C)C(=O)c1cncc(Br)c1. The van der Waals surface area contributed by atoms with E-state index in [9.17, 15) is 4.79 Å². The van der Waals surface area contributed by atoms with Gasteiger partial charge in [-0.15, -0.1) is 0 Å². The minimum Gasteiger partial charge on any atom is -0.496 e. The number of amides is 1. The number of hydrogen-bond acceptors (Lipinski definition) is 3. The first-order chi connectivity index (χ1) is 10.0. The number of hydrogen-bond donors (Lipinski definition) is 0. The summed E-state index contributed by atoms with van der Waals surface area (Å²) in [4.78, 5) is 18.0. The highest BCUT2D eigenvalue weighted by Gasteiger charge is 2.15. The summed E-state index contributed by atoms with van der Waals surface area (Å²) in [5.74, 6) is 0.581. The van der Waals surface area contributed by atoms with Crippen molar-refractivity contribution in [2.75, 3.05) is 14.2 Å². The molecule has 0 aliphatic carbocycles. The van der Waals surface area contributed by atoms with E-state index in [0.717, 1.165) is 10.0 Å². The molecule has 0 unspecified atom stereocenters. The van der Waals surface area contributed by atoms with Crippen LogP contribution in [0.3, 0.4) is 0 Å². The molecule has 6 heteroatoms. The van der Waals surface area contributed by atoms with Gasteiger partial charge < -0.3 is 9.64 Å². The fraction of sp³-hybridized carbons (Fsp3) is 0.200. The van der Waals surface area contributed by atoms with Gasteiger partial charge >= 0.3 is 0 Å². The van der Waals surface area contributed by atoms with Crippen LogP contribution in [0.4, 0.5) is 0 Å². The van der Waals surface area contributed by atoms with Gasteiger partial charge in [0.05, 0.1) is 12.7 Å². The van der Waals surface area contributed by atoms with Crippen LogP contribution in [-0.4, -0.2) is 29.9 Å². The minimum absolute atomic E-state index is 0.120. The van der Waals surface area contributed by atoms with E-state index in [-0.39, 0.29) is 5.91 Å². The molecule has 2 aromatic rings. The zero-order valence-electron chi connectivity index (χ0n) is 11.6. The van der Waals surface area contributed by atoms with Gasteiger partial charge in [-0.05, 0) is 40.2 Å². The molecule has 0 bridgehead atoms. The van der Waals surface area contributed by atoms with Crippen LogP contribution < -0.4 is 4.74 Å². The van der Waals surface area contributed by atoms with E-state index in [1.165, 1.54) is 0 Å². The van der Waals surface area contributed by atoms with Crippen LogP contribution >= 0.6 is 27.5 Å². The highest BCUT2D eigenvalue weighted by atomic mass is 79.9. The van der Waals surface area contributed by atoms with Crippen molar-refractivity contribution in [1.29, 1.82) is 0 Å². The number of aromatic nitrogens is 1. The Morgan fingerprint density at radius 3 is 2.81 bits per heavy atom. The summed E-state index contributed by atoms with van der Waals surface area (Å²) >= 11 is 9.31. The minimum atomic E-state index is -0.120. The number of carbonyl (C=O) groups excluding carboxylic acids is 1. The van der Waals surface area contributed by atoms with Crippen LogP contribution in [0.5, 0.6) is 5.75 Å². The maximum atomic E-state index is 12.4. The number of halogens is 2. The first-order valence-corrected chi connectivity index (χ1v) is 7.37. The van der Waals surface area contributed by atoms with Gasteiger partial charge in [0.2, 0.25) is 0 Å². The molecule has 1 aromatic carbocycles. The van der Waals surface area contributed by atoms with E-state index < -0.39 is 0 Å². The second-order valence-corrected chi connectivity index (χ2v) is 5.86. The molecule has 0 atom stereocenters. The van der Waals surface area contributed by atoms with Crippen molar-refractivity contribution in [3.8, 4) is 5.75 Å². The van der Waals surface area contributed by atoms with Crippen molar-refractivity contribution in [2.24, 2.45) is 0 Å². The Balaban J connectivity index is 2.19. The largest absolute Gasteiger partial charge is 0.496 e.